The molecule has 0 aliphatic carbocycles. The maximum atomic E-state index is 10.9. The maximum absolute atomic E-state index is 10.9. The molecule has 0 fully saturated rings. The van der Waals surface area contributed by atoms with E-state index in [4.69, 9.17) is 4.74 Å². The minimum Gasteiger partial charge on any atom is -0.488 e. The largest absolute Gasteiger partial charge is 0.488 e. The van der Waals surface area contributed by atoms with E-state index in [2.05, 4.69) is 4.74 Å². The van der Waals surface area contributed by atoms with E-state index in [1.54, 1.807) is 6.08 Å². The summed E-state index contributed by atoms with van der Waals surface area (Å²) in [5, 5.41) is 0. The van der Waals surface area contributed by atoms with Crippen LogP contribution in [0, 0.1) is 0 Å². The van der Waals surface area contributed by atoms with Gasteiger partial charge < -0.3 is 9.47 Å². The van der Waals surface area contributed by atoms with Gasteiger partial charge in [-0.15, -0.1) is 0 Å². The maximum Gasteiger partial charge on any atom is 0.330 e. The Hall–Kier alpha value is -1.77. The van der Waals surface area contributed by atoms with Gasteiger partial charge in [0.2, 0.25) is 0 Å². The summed E-state index contributed by atoms with van der Waals surface area (Å²) in [6.07, 6.45) is 3.09. The van der Waals surface area contributed by atoms with Crippen molar-refractivity contribution in [3.05, 3.63) is 35.9 Å². The highest BCUT2D eigenvalue weighted by molar-refractivity contribution is 5.86. The molecule has 0 spiro atoms. The molecule has 0 radical (unpaired) electrons. The molecule has 92 valence electrons. The molecule has 0 amide bonds. The highest BCUT2D eigenvalue weighted by Gasteiger charge is 2.10. The van der Waals surface area contributed by atoms with Crippen LogP contribution in [0.1, 0.15) is 26.3 Å². The fourth-order valence-corrected chi connectivity index (χ4v) is 1.23. The van der Waals surface area contributed by atoms with Crippen LogP contribution in [0.3, 0.4) is 0 Å². The molecular formula is C14H18O3. The zero-order chi connectivity index (χ0) is 12.9. The summed E-state index contributed by atoms with van der Waals surface area (Å²) in [7, 11) is 1.35. The van der Waals surface area contributed by atoms with E-state index in [-0.39, 0.29) is 11.6 Å². The van der Waals surface area contributed by atoms with Gasteiger partial charge in [-0.2, -0.15) is 0 Å². The van der Waals surface area contributed by atoms with Gasteiger partial charge in [-0.1, -0.05) is 12.1 Å². The van der Waals surface area contributed by atoms with Crippen LogP contribution >= 0.6 is 0 Å². The summed E-state index contributed by atoms with van der Waals surface area (Å²) in [5.41, 5.74) is 0.722. The van der Waals surface area contributed by atoms with Crippen LogP contribution in [0.25, 0.3) is 6.08 Å². The Morgan fingerprint density at radius 1 is 1.18 bits per heavy atom. The first-order chi connectivity index (χ1) is 7.90. The third-order valence-electron chi connectivity index (χ3n) is 1.92. The quantitative estimate of drug-likeness (QED) is 0.595. The molecule has 3 nitrogen and oxygen atoms in total. The Balaban J connectivity index is 2.68. The molecule has 0 aliphatic rings. The minimum absolute atomic E-state index is 0.205. The standard InChI is InChI=1S/C14H18O3/c1-14(2,3)17-12-8-5-11(6-9-12)7-10-13(15)16-4/h5-10H,1-4H3/b10-7+. The van der Waals surface area contributed by atoms with Gasteiger partial charge >= 0.3 is 5.97 Å². The van der Waals surface area contributed by atoms with Crippen molar-refractivity contribution in [3.8, 4) is 5.75 Å². The molecule has 1 rings (SSSR count). The number of benzene rings is 1. The molecule has 1 aromatic carbocycles. The number of hydrogen-bond acceptors (Lipinski definition) is 3. The van der Waals surface area contributed by atoms with E-state index in [0.717, 1.165) is 11.3 Å². The van der Waals surface area contributed by atoms with Crippen molar-refractivity contribution in [1.82, 2.24) is 0 Å². The molecule has 3 heteroatoms. The first-order valence-corrected chi connectivity index (χ1v) is 5.46. The Kier molecular flexibility index (Phi) is 4.32. The number of rotatable bonds is 3. The summed E-state index contributed by atoms with van der Waals surface area (Å²) >= 11 is 0. The lowest BCUT2D eigenvalue weighted by Crippen LogP contribution is -2.22. The van der Waals surface area contributed by atoms with E-state index in [0.29, 0.717) is 0 Å². The number of hydrogen-bond donors (Lipinski definition) is 0. The number of carbonyl (C=O) groups excluding carboxylic acids is 1. The van der Waals surface area contributed by atoms with Gasteiger partial charge in [0.15, 0.2) is 0 Å². The fourth-order valence-electron chi connectivity index (χ4n) is 1.23. The predicted octanol–water partition coefficient (Wildman–Crippen LogP) is 3.05. The third kappa shape index (κ3) is 5.20. The van der Waals surface area contributed by atoms with Gasteiger partial charge in [0.05, 0.1) is 7.11 Å². The molecule has 0 N–H and O–H groups in total. The van der Waals surface area contributed by atoms with Crippen LogP contribution in [-0.2, 0) is 9.53 Å². The molecule has 0 bridgehead atoms. The molecule has 0 aliphatic heterocycles. The average Bonchev–Trinajstić information content (AvgIpc) is 2.25. The highest BCUT2D eigenvalue weighted by Crippen LogP contribution is 2.18. The lowest BCUT2D eigenvalue weighted by molar-refractivity contribution is -0.134. The smallest absolute Gasteiger partial charge is 0.330 e. The minimum atomic E-state index is -0.361. The van der Waals surface area contributed by atoms with E-state index in [1.807, 2.05) is 45.0 Å². The van der Waals surface area contributed by atoms with Gasteiger partial charge in [0.1, 0.15) is 11.4 Å². The van der Waals surface area contributed by atoms with Gasteiger partial charge in [0, 0.05) is 6.08 Å². The summed E-state index contributed by atoms with van der Waals surface area (Å²) < 4.78 is 10.2. The lowest BCUT2D eigenvalue weighted by atomic mass is 10.1. The number of ether oxygens (including phenoxy) is 2. The Morgan fingerprint density at radius 2 is 1.76 bits per heavy atom. The van der Waals surface area contributed by atoms with Crippen molar-refractivity contribution in [2.24, 2.45) is 0 Å². The molecule has 0 unspecified atom stereocenters. The first-order valence-electron chi connectivity index (χ1n) is 5.46. The second kappa shape index (κ2) is 5.53. The number of esters is 1. The fraction of sp³-hybridized carbons (Fsp3) is 0.357. The number of carbonyl (C=O) groups is 1. The van der Waals surface area contributed by atoms with Crippen molar-refractivity contribution in [2.45, 2.75) is 26.4 Å². The van der Waals surface area contributed by atoms with Crippen LogP contribution in [0.15, 0.2) is 30.3 Å². The van der Waals surface area contributed by atoms with Gasteiger partial charge in [-0.05, 0) is 44.5 Å². The van der Waals surface area contributed by atoms with Crippen molar-refractivity contribution in [1.29, 1.82) is 0 Å². The van der Waals surface area contributed by atoms with E-state index in [9.17, 15) is 4.79 Å². The first kappa shape index (κ1) is 13.3. The van der Waals surface area contributed by atoms with E-state index in [1.165, 1.54) is 13.2 Å². The Morgan fingerprint density at radius 3 is 2.24 bits per heavy atom. The van der Waals surface area contributed by atoms with Gasteiger partial charge in [0.25, 0.3) is 0 Å². The lowest BCUT2D eigenvalue weighted by Gasteiger charge is -2.21. The SMILES string of the molecule is COC(=O)/C=C/c1ccc(OC(C)(C)C)cc1. The molecule has 0 heterocycles. The van der Waals surface area contributed by atoms with E-state index >= 15 is 0 Å². The number of methoxy groups -OCH3 is 1. The molecule has 0 saturated carbocycles. The van der Waals surface area contributed by atoms with Crippen molar-refractivity contribution >= 4 is 12.0 Å². The highest BCUT2D eigenvalue weighted by atomic mass is 16.5. The van der Waals surface area contributed by atoms with Crippen LogP contribution in [0.4, 0.5) is 0 Å². The van der Waals surface area contributed by atoms with Crippen molar-refractivity contribution in [3.63, 3.8) is 0 Å². The Bertz CT molecular complexity index is 396. The monoisotopic (exact) mass is 234 g/mol. The molecule has 0 aromatic heterocycles. The normalized spacial score (nSPS) is 11.5. The second-order valence-electron chi connectivity index (χ2n) is 4.64. The van der Waals surface area contributed by atoms with Crippen LogP contribution in [0.5, 0.6) is 5.75 Å². The summed E-state index contributed by atoms with van der Waals surface area (Å²) in [6.45, 7) is 5.99. The van der Waals surface area contributed by atoms with Crippen LogP contribution < -0.4 is 4.74 Å². The summed E-state index contributed by atoms with van der Waals surface area (Å²) in [6, 6.07) is 7.53. The topological polar surface area (TPSA) is 35.5 Å². The van der Waals surface area contributed by atoms with Crippen molar-refractivity contribution < 1.29 is 14.3 Å². The second-order valence-corrected chi connectivity index (χ2v) is 4.64. The molecular weight excluding hydrogens is 216 g/mol. The zero-order valence-corrected chi connectivity index (χ0v) is 10.7. The molecule has 1 aromatic rings. The van der Waals surface area contributed by atoms with Crippen molar-refractivity contribution in [2.75, 3.05) is 7.11 Å². The summed E-state index contributed by atoms with van der Waals surface area (Å²) in [5.74, 6) is 0.452. The molecule has 17 heavy (non-hydrogen) atoms. The average molecular weight is 234 g/mol. The predicted molar refractivity (Wildman–Crippen MR) is 67.9 cm³/mol. The van der Waals surface area contributed by atoms with Gasteiger partial charge in [-0.3, -0.25) is 0 Å². The third-order valence-corrected chi connectivity index (χ3v) is 1.92. The van der Waals surface area contributed by atoms with Crippen LogP contribution in [0.2, 0.25) is 0 Å². The van der Waals surface area contributed by atoms with E-state index < -0.39 is 0 Å². The Labute approximate surface area is 102 Å². The van der Waals surface area contributed by atoms with Gasteiger partial charge in [-0.25, -0.2) is 4.79 Å². The zero-order valence-electron chi connectivity index (χ0n) is 10.7. The molecule has 0 saturated heterocycles. The molecule has 0 atom stereocenters. The summed E-state index contributed by atoms with van der Waals surface area (Å²) in [4.78, 5) is 10.9. The van der Waals surface area contributed by atoms with Crippen LogP contribution in [-0.4, -0.2) is 18.7 Å².